The van der Waals surface area contributed by atoms with Crippen molar-refractivity contribution >= 4 is 11.9 Å². The van der Waals surface area contributed by atoms with Gasteiger partial charge in [-0.2, -0.15) is 0 Å². The van der Waals surface area contributed by atoms with E-state index in [1.54, 1.807) is 0 Å². The van der Waals surface area contributed by atoms with Crippen molar-refractivity contribution < 1.29 is 32.6 Å². The smallest absolute Gasteiger partial charge is 0.311 e. The fourth-order valence-corrected chi connectivity index (χ4v) is 1.94. The Kier molecular flexibility index (Phi) is 3.93. The van der Waals surface area contributed by atoms with Crippen LogP contribution in [0.5, 0.6) is 0 Å². The number of nitrogens with one attached hydrogen (secondary N) is 1. The quantitative estimate of drug-likeness (QED) is 0.868. The van der Waals surface area contributed by atoms with Crippen molar-refractivity contribution in [1.29, 1.82) is 0 Å². The van der Waals surface area contributed by atoms with Crippen molar-refractivity contribution in [2.24, 2.45) is 5.92 Å². The van der Waals surface area contributed by atoms with Crippen molar-refractivity contribution in [1.82, 2.24) is 5.32 Å². The predicted octanol–water partition coefficient (Wildman–Crippen LogP) is 0.933. The Morgan fingerprint density at radius 1 is 1.20 bits per heavy atom. The molecule has 1 saturated heterocycles. The second-order valence-electron chi connectivity index (χ2n) is 4.31. The standard InChI is InChI=1S/C12H10F3NO4/c13-5-1-7(14)10(8(15)2-5)11(17)16-9-4-20-3-6(9)12(18)19/h1-2,6,9H,3-4H2,(H,16,17)(H,18,19). The SMILES string of the molecule is O=C(NC1COCC1C(=O)O)c1c(F)cc(F)cc1F. The van der Waals surface area contributed by atoms with E-state index in [0.29, 0.717) is 12.1 Å². The second kappa shape index (κ2) is 5.49. The van der Waals surface area contributed by atoms with E-state index in [-0.39, 0.29) is 13.2 Å². The predicted molar refractivity (Wildman–Crippen MR) is 59.5 cm³/mol. The normalized spacial score (nSPS) is 21.8. The molecule has 0 aliphatic carbocycles. The molecule has 0 saturated carbocycles. The van der Waals surface area contributed by atoms with Crippen LogP contribution in [-0.2, 0) is 9.53 Å². The molecule has 0 radical (unpaired) electrons. The first kappa shape index (κ1) is 14.3. The topological polar surface area (TPSA) is 75.6 Å². The van der Waals surface area contributed by atoms with E-state index in [4.69, 9.17) is 9.84 Å². The number of rotatable bonds is 3. The molecule has 2 N–H and O–H groups in total. The molecule has 1 fully saturated rings. The average Bonchev–Trinajstić information content (AvgIpc) is 2.75. The summed E-state index contributed by atoms with van der Waals surface area (Å²) >= 11 is 0. The summed E-state index contributed by atoms with van der Waals surface area (Å²) in [5.74, 6) is -7.19. The third kappa shape index (κ3) is 2.74. The molecule has 1 heterocycles. The Labute approximate surface area is 111 Å². The minimum Gasteiger partial charge on any atom is -0.481 e. The maximum atomic E-state index is 13.4. The van der Waals surface area contributed by atoms with Gasteiger partial charge in [-0.05, 0) is 0 Å². The highest BCUT2D eigenvalue weighted by Crippen LogP contribution is 2.18. The van der Waals surface area contributed by atoms with Crippen LogP contribution in [0.1, 0.15) is 10.4 Å². The van der Waals surface area contributed by atoms with Gasteiger partial charge in [0.05, 0.1) is 19.3 Å². The van der Waals surface area contributed by atoms with Gasteiger partial charge in [-0.25, -0.2) is 13.2 Å². The zero-order valence-electron chi connectivity index (χ0n) is 10.0. The molecule has 1 aliphatic heterocycles. The highest BCUT2D eigenvalue weighted by molar-refractivity contribution is 5.95. The first-order valence-electron chi connectivity index (χ1n) is 5.66. The maximum Gasteiger partial charge on any atom is 0.311 e. The van der Waals surface area contributed by atoms with E-state index in [2.05, 4.69) is 5.32 Å². The molecule has 1 amide bonds. The molecule has 2 unspecified atom stereocenters. The van der Waals surface area contributed by atoms with Crippen LogP contribution in [-0.4, -0.2) is 36.2 Å². The number of hydrogen-bond donors (Lipinski definition) is 2. The molecular formula is C12H10F3NO4. The monoisotopic (exact) mass is 289 g/mol. The van der Waals surface area contributed by atoms with E-state index < -0.39 is 46.9 Å². The Bertz CT molecular complexity index is 541. The van der Waals surface area contributed by atoms with Crippen molar-refractivity contribution in [3.05, 3.63) is 35.1 Å². The van der Waals surface area contributed by atoms with Gasteiger partial charge in [-0.3, -0.25) is 9.59 Å². The Morgan fingerprint density at radius 3 is 2.35 bits per heavy atom. The molecule has 8 heteroatoms. The van der Waals surface area contributed by atoms with Crippen LogP contribution in [0, 0.1) is 23.4 Å². The molecule has 1 aromatic carbocycles. The van der Waals surface area contributed by atoms with Crippen LogP contribution in [0.4, 0.5) is 13.2 Å². The fraction of sp³-hybridized carbons (Fsp3) is 0.333. The van der Waals surface area contributed by atoms with Crippen LogP contribution in [0.2, 0.25) is 0 Å². The Morgan fingerprint density at radius 2 is 1.80 bits per heavy atom. The first-order chi connectivity index (χ1) is 9.40. The van der Waals surface area contributed by atoms with Crippen molar-refractivity contribution in [2.45, 2.75) is 6.04 Å². The molecule has 2 atom stereocenters. The number of halogens is 3. The molecule has 5 nitrogen and oxygen atoms in total. The summed E-state index contributed by atoms with van der Waals surface area (Å²) in [6.45, 7) is -0.179. The van der Waals surface area contributed by atoms with Gasteiger partial charge in [0.25, 0.3) is 5.91 Å². The summed E-state index contributed by atoms with van der Waals surface area (Å²) < 4.78 is 44.4. The van der Waals surface area contributed by atoms with Gasteiger partial charge in [0.15, 0.2) is 0 Å². The van der Waals surface area contributed by atoms with E-state index in [0.717, 1.165) is 0 Å². The lowest BCUT2D eigenvalue weighted by atomic mass is 10.0. The molecular weight excluding hydrogens is 279 g/mol. The number of carbonyl (C=O) groups is 2. The van der Waals surface area contributed by atoms with Gasteiger partial charge in [0.1, 0.15) is 28.9 Å². The number of carboxylic acid groups (broad SMARTS) is 1. The number of ether oxygens (including phenoxy) is 1. The van der Waals surface area contributed by atoms with Gasteiger partial charge in [-0.15, -0.1) is 0 Å². The lowest BCUT2D eigenvalue weighted by Crippen LogP contribution is -2.43. The van der Waals surface area contributed by atoms with Gasteiger partial charge < -0.3 is 15.2 Å². The molecule has 20 heavy (non-hydrogen) atoms. The largest absolute Gasteiger partial charge is 0.481 e. The van der Waals surface area contributed by atoms with E-state index in [1.807, 2.05) is 0 Å². The fourth-order valence-electron chi connectivity index (χ4n) is 1.94. The summed E-state index contributed by atoms with van der Waals surface area (Å²) in [7, 11) is 0. The number of carboxylic acids is 1. The maximum absolute atomic E-state index is 13.4. The zero-order valence-corrected chi connectivity index (χ0v) is 10.0. The van der Waals surface area contributed by atoms with Crippen molar-refractivity contribution in [2.75, 3.05) is 13.2 Å². The summed E-state index contributed by atoms with van der Waals surface area (Å²) in [5.41, 5.74) is -0.956. The van der Waals surface area contributed by atoms with Crippen LogP contribution in [0.15, 0.2) is 12.1 Å². The summed E-state index contributed by atoms with van der Waals surface area (Å²) in [6.07, 6.45) is 0. The van der Waals surface area contributed by atoms with Crippen LogP contribution in [0.25, 0.3) is 0 Å². The average molecular weight is 289 g/mol. The summed E-state index contributed by atoms with van der Waals surface area (Å²) in [4.78, 5) is 22.6. The molecule has 1 aliphatic rings. The van der Waals surface area contributed by atoms with Crippen molar-refractivity contribution in [3.63, 3.8) is 0 Å². The Hall–Kier alpha value is -2.09. The van der Waals surface area contributed by atoms with Gasteiger partial charge in [0, 0.05) is 12.1 Å². The lowest BCUT2D eigenvalue weighted by Gasteiger charge is -2.16. The summed E-state index contributed by atoms with van der Waals surface area (Å²) in [5, 5.41) is 11.1. The highest BCUT2D eigenvalue weighted by atomic mass is 19.1. The number of carbonyl (C=O) groups excluding carboxylic acids is 1. The first-order valence-corrected chi connectivity index (χ1v) is 5.66. The molecule has 2 rings (SSSR count). The highest BCUT2D eigenvalue weighted by Gasteiger charge is 2.36. The van der Waals surface area contributed by atoms with Gasteiger partial charge >= 0.3 is 5.97 Å². The minimum absolute atomic E-state index is 0.0763. The third-order valence-corrected chi connectivity index (χ3v) is 2.95. The molecule has 0 spiro atoms. The van der Waals surface area contributed by atoms with Crippen LogP contribution < -0.4 is 5.32 Å². The van der Waals surface area contributed by atoms with E-state index in [9.17, 15) is 22.8 Å². The van der Waals surface area contributed by atoms with E-state index >= 15 is 0 Å². The van der Waals surface area contributed by atoms with Crippen LogP contribution >= 0.6 is 0 Å². The number of amides is 1. The molecule has 0 bridgehead atoms. The minimum atomic E-state index is -1.36. The van der Waals surface area contributed by atoms with Gasteiger partial charge in [-0.1, -0.05) is 0 Å². The number of benzene rings is 1. The third-order valence-electron chi connectivity index (χ3n) is 2.95. The molecule has 1 aromatic rings. The molecule has 0 aromatic heterocycles. The number of aliphatic carboxylic acids is 1. The zero-order chi connectivity index (χ0) is 14.9. The van der Waals surface area contributed by atoms with Crippen LogP contribution in [0.3, 0.4) is 0 Å². The van der Waals surface area contributed by atoms with Gasteiger partial charge in [0.2, 0.25) is 0 Å². The number of hydrogen-bond acceptors (Lipinski definition) is 3. The molecule has 108 valence electrons. The van der Waals surface area contributed by atoms with E-state index in [1.165, 1.54) is 0 Å². The second-order valence-corrected chi connectivity index (χ2v) is 4.31. The van der Waals surface area contributed by atoms with Crippen molar-refractivity contribution in [3.8, 4) is 0 Å². The summed E-state index contributed by atoms with van der Waals surface area (Å²) in [6, 6.07) is -0.154. The Balaban J connectivity index is 2.19. The lowest BCUT2D eigenvalue weighted by molar-refractivity contribution is -0.142.